The summed E-state index contributed by atoms with van der Waals surface area (Å²) in [5.41, 5.74) is 0.424. The second kappa shape index (κ2) is 8.95. The molecule has 3 rings (SSSR count). The summed E-state index contributed by atoms with van der Waals surface area (Å²) in [5.74, 6) is 0.295. The highest BCUT2D eigenvalue weighted by Gasteiger charge is 2.38. The van der Waals surface area contributed by atoms with Crippen LogP contribution in [-0.2, 0) is 11.2 Å². The van der Waals surface area contributed by atoms with Crippen molar-refractivity contribution >= 4 is 18.3 Å². The maximum atomic E-state index is 12.4. The second-order valence-corrected chi connectivity index (χ2v) is 6.80. The first-order valence-corrected chi connectivity index (χ1v) is 8.80. The quantitative estimate of drug-likeness (QED) is 0.805. The molecule has 1 saturated carbocycles. The standard InChI is InChI=1S/C18H23F3N2O2.ClH/c19-18(20,21)25-16-8-4-2-5-12(16)9-10-22-17(24)15-11-13-6-1-3-7-14(13)23-15;/h2,4-5,8,13-15,23H,1,3,6-7,9-11H2,(H,22,24);1H. The minimum atomic E-state index is -4.72. The largest absolute Gasteiger partial charge is 0.573 e. The van der Waals surface area contributed by atoms with E-state index in [2.05, 4.69) is 15.4 Å². The molecule has 1 aromatic rings. The van der Waals surface area contributed by atoms with Crippen molar-refractivity contribution in [3.8, 4) is 5.75 Å². The Bertz CT molecular complexity index is 598. The zero-order chi connectivity index (χ0) is 17.9. The molecule has 1 aliphatic carbocycles. The molecule has 0 bridgehead atoms. The molecule has 1 saturated heterocycles. The maximum absolute atomic E-state index is 12.4. The van der Waals surface area contributed by atoms with Crippen molar-refractivity contribution < 1.29 is 22.7 Å². The first kappa shape index (κ1) is 20.8. The molecule has 0 spiro atoms. The van der Waals surface area contributed by atoms with Crippen molar-refractivity contribution in [1.29, 1.82) is 0 Å². The fourth-order valence-electron chi connectivity index (χ4n) is 3.90. The van der Waals surface area contributed by atoms with Gasteiger partial charge in [0.15, 0.2) is 0 Å². The van der Waals surface area contributed by atoms with Crippen molar-refractivity contribution in [2.45, 2.75) is 57.0 Å². The topological polar surface area (TPSA) is 50.4 Å². The Morgan fingerprint density at radius 1 is 1.23 bits per heavy atom. The van der Waals surface area contributed by atoms with Gasteiger partial charge in [0.1, 0.15) is 5.75 Å². The fraction of sp³-hybridized carbons (Fsp3) is 0.611. The molecule has 26 heavy (non-hydrogen) atoms. The molecule has 2 fully saturated rings. The number of para-hydroxylation sites is 1. The van der Waals surface area contributed by atoms with E-state index in [9.17, 15) is 18.0 Å². The molecule has 1 aromatic carbocycles. The number of benzene rings is 1. The van der Waals surface area contributed by atoms with E-state index < -0.39 is 6.36 Å². The number of carbonyl (C=O) groups excluding carboxylic acids is 1. The Labute approximate surface area is 157 Å². The molecule has 1 aliphatic heterocycles. The number of nitrogens with one attached hydrogen (secondary N) is 2. The number of fused-ring (bicyclic) bond motifs is 1. The van der Waals surface area contributed by atoms with Crippen LogP contribution in [0.4, 0.5) is 13.2 Å². The first-order chi connectivity index (χ1) is 11.9. The average molecular weight is 393 g/mol. The maximum Gasteiger partial charge on any atom is 0.573 e. The SMILES string of the molecule is Cl.O=C(NCCc1ccccc1OC(F)(F)F)C1CC2CCCCC2N1. The van der Waals surface area contributed by atoms with Gasteiger partial charge in [-0.2, -0.15) is 0 Å². The Morgan fingerprint density at radius 2 is 1.96 bits per heavy atom. The van der Waals surface area contributed by atoms with Crippen LogP contribution in [0.15, 0.2) is 24.3 Å². The lowest BCUT2D eigenvalue weighted by Crippen LogP contribution is -2.43. The summed E-state index contributed by atoms with van der Waals surface area (Å²) in [6.45, 7) is 0.282. The number of carbonyl (C=O) groups is 1. The predicted molar refractivity (Wildman–Crippen MR) is 94.4 cm³/mol. The summed E-state index contributed by atoms with van der Waals surface area (Å²) in [7, 11) is 0. The van der Waals surface area contributed by atoms with Gasteiger partial charge in [-0.05, 0) is 43.2 Å². The molecule has 3 unspecified atom stereocenters. The van der Waals surface area contributed by atoms with Crippen LogP contribution in [0.3, 0.4) is 0 Å². The van der Waals surface area contributed by atoms with Gasteiger partial charge in [-0.15, -0.1) is 25.6 Å². The number of ether oxygens (including phenoxy) is 1. The van der Waals surface area contributed by atoms with Gasteiger partial charge in [-0.25, -0.2) is 0 Å². The monoisotopic (exact) mass is 392 g/mol. The number of halogens is 4. The van der Waals surface area contributed by atoms with Crippen molar-refractivity contribution in [3.63, 3.8) is 0 Å². The van der Waals surface area contributed by atoms with Crippen molar-refractivity contribution in [1.82, 2.24) is 10.6 Å². The van der Waals surface area contributed by atoms with Crippen molar-refractivity contribution in [2.24, 2.45) is 5.92 Å². The van der Waals surface area contributed by atoms with E-state index in [1.807, 2.05) is 0 Å². The van der Waals surface area contributed by atoms with Crippen LogP contribution in [0.2, 0.25) is 0 Å². The Hall–Kier alpha value is -1.47. The van der Waals surface area contributed by atoms with Crippen LogP contribution in [0.5, 0.6) is 5.75 Å². The highest BCUT2D eigenvalue weighted by atomic mass is 35.5. The van der Waals surface area contributed by atoms with Crippen LogP contribution >= 0.6 is 12.4 Å². The number of hydrogen-bond donors (Lipinski definition) is 2. The van der Waals surface area contributed by atoms with Crippen LogP contribution < -0.4 is 15.4 Å². The summed E-state index contributed by atoms with van der Waals surface area (Å²) in [6, 6.07) is 6.26. The van der Waals surface area contributed by atoms with Gasteiger partial charge < -0.3 is 15.4 Å². The van der Waals surface area contributed by atoms with E-state index in [0.717, 1.165) is 12.8 Å². The van der Waals surface area contributed by atoms with Gasteiger partial charge in [0, 0.05) is 12.6 Å². The molecule has 3 atom stereocenters. The lowest BCUT2D eigenvalue weighted by Gasteiger charge is -2.24. The van der Waals surface area contributed by atoms with E-state index in [1.165, 1.54) is 31.4 Å². The third-order valence-corrected chi connectivity index (χ3v) is 5.07. The second-order valence-electron chi connectivity index (χ2n) is 6.80. The highest BCUT2D eigenvalue weighted by Crippen LogP contribution is 2.33. The van der Waals surface area contributed by atoms with Gasteiger partial charge in [0.05, 0.1) is 6.04 Å². The van der Waals surface area contributed by atoms with Gasteiger partial charge in [-0.3, -0.25) is 4.79 Å². The molecule has 8 heteroatoms. The smallest absolute Gasteiger partial charge is 0.406 e. The molecule has 2 aliphatic rings. The number of alkyl halides is 3. The van der Waals surface area contributed by atoms with E-state index in [-0.39, 0.29) is 43.1 Å². The van der Waals surface area contributed by atoms with Crippen LogP contribution in [-0.4, -0.2) is 30.9 Å². The molecule has 1 heterocycles. The first-order valence-electron chi connectivity index (χ1n) is 8.80. The summed E-state index contributed by atoms with van der Waals surface area (Å²) < 4.78 is 41.3. The minimum absolute atomic E-state index is 0. The van der Waals surface area contributed by atoms with Crippen molar-refractivity contribution in [2.75, 3.05) is 6.54 Å². The molecule has 2 N–H and O–H groups in total. The molecule has 0 radical (unpaired) electrons. The van der Waals surface area contributed by atoms with E-state index in [4.69, 9.17) is 0 Å². The summed E-state index contributed by atoms with van der Waals surface area (Å²) in [4.78, 5) is 12.3. The van der Waals surface area contributed by atoms with Crippen LogP contribution in [0.1, 0.15) is 37.7 Å². The lowest BCUT2D eigenvalue weighted by atomic mass is 9.85. The summed E-state index contributed by atoms with van der Waals surface area (Å²) in [5, 5.41) is 6.23. The molecular weight excluding hydrogens is 369 g/mol. The van der Waals surface area contributed by atoms with Gasteiger partial charge in [-0.1, -0.05) is 31.0 Å². The Balaban J connectivity index is 0.00000243. The minimum Gasteiger partial charge on any atom is -0.406 e. The predicted octanol–water partition coefficient (Wildman–Crippen LogP) is 3.59. The van der Waals surface area contributed by atoms with Gasteiger partial charge in [0.25, 0.3) is 0 Å². The van der Waals surface area contributed by atoms with E-state index in [0.29, 0.717) is 17.5 Å². The average Bonchev–Trinajstić information content (AvgIpc) is 2.99. The number of rotatable bonds is 5. The molecule has 146 valence electrons. The fourth-order valence-corrected chi connectivity index (χ4v) is 3.90. The van der Waals surface area contributed by atoms with Crippen LogP contribution in [0, 0.1) is 5.92 Å². The lowest BCUT2D eigenvalue weighted by molar-refractivity contribution is -0.274. The third-order valence-electron chi connectivity index (χ3n) is 5.07. The van der Waals surface area contributed by atoms with Gasteiger partial charge in [0.2, 0.25) is 5.91 Å². The molecule has 1 amide bonds. The Morgan fingerprint density at radius 3 is 2.69 bits per heavy atom. The highest BCUT2D eigenvalue weighted by molar-refractivity contribution is 5.85. The molecule has 0 aromatic heterocycles. The summed E-state index contributed by atoms with van der Waals surface area (Å²) in [6.07, 6.45) is 1.15. The molecule has 4 nitrogen and oxygen atoms in total. The number of hydrogen-bond acceptors (Lipinski definition) is 3. The zero-order valence-electron chi connectivity index (χ0n) is 14.3. The van der Waals surface area contributed by atoms with E-state index >= 15 is 0 Å². The number of amides is 1. The van der Waals surface area contributed by atoms with Gasteiger partial charge >= 0.3 is 6.36 Å². The zero-order valence-corrected chi connectivity index (χ0v) is 15.2. The molecular formula is C18H24ClF3N2O2. The normalized spacial score (nSPS) is 25.1. The van der Waals surface area contributed by atoms with E-state index in [1.54, 1.807) is 12.1 Å². The van der Waals surface area contributed by atoms with Crippen LogP contribution in [0.25, 0.3) is 0 Å². The summed E-state index contributed by atoms with van der Waals surface area (Å²) >= 11 is 0. The van der Waals surface area contributed by atoms with Crippen molar-refractivity contribution in [3.05, 3.63) is 29.8 Å². The Kier molecular flexibility index (Phi) is 7.17. The third kappa shape index (κ3) is 5.51.